The van der Waals surface area contributed by atoms with E-state index in [1.807, 2.05) is 0 Å². The highest BCUT2D eigenvalue weighted by atomic mass is 79.9. The summed E-state index contributed by atoms with van der Waals surface area (Å²) in [5.74, 6) is 6.22. The number of nitrogens with one attached hydrogen (secondary N) is 2. The van der Waals surface area contributed by atoms with Crippen LogP contribution in [0.25, 0.3) is 0 Å². The zero-order valence-corrected chi connectivity index (χ0v) is 13.7. The Bertz CT molecular complexity index is 746. The van der Waals surface area contributed by atoms with Gasteiger partial charge in [-0.15, -0.1) is 0 Å². The molecule has 2 aromatic rings. The Morgan fingerprint density at radius 2 is 2.10 bits per heavy atom. The van der Waals surface area contributed by atoms with Gasteiger partial charge in [-0.25, -0.2) is 24.2 Å². The van der Waals surface area contributed by atoms with Crippen LogP contribution in [0.3, 0.4) is 0 Å². The van der Waals surface area contributed by atoms with Crippen molar-refractivity contribution in [2.24, 2.45) is 5.84 Å². The van der Waals surface area contributed by atoms with Crippen LogP contribution < -0.4 is 16.0 Å². The van der Waals surface area contributed by atoms with Crippen LogP contribution in [0, 0.1) is 6.92 Å². The Kier molecular flexibility index (Phi) is 4.61. The lowest BCUT2D eigenvalue weighted by Gasteiger charge is -2.13. The molecule has 0 amide bonds. The Labute approximate surface area is 130 Å². The molecular weight excluding hydrogens is 362 g/mol. The Balaban J connectivity index is 2.32. The molecule has 0 radical (unpaired) electrons. The third kappa shape index (κ3) is 3.59. The van der Waals surface area contributed by atoms with E-state index in [1.54, 1.807) is 13.8 Å². The fraction of sp³-hybridized carbons (Fsp3) is 0.273. The topological polar surface area (TPSA) is 123 Å². The van der Waals surface area contributed by atoms with Crippen molar-refractivity contribution in [2.45, 2.75) is 24.8 Å². The predicted octanol–water partition coefficient (Wildman–Crippen LogP) is 1.47. The average molecular weight is 376 g/mol. The van der Waals surface area contributed by atoms with Gasteiger partial charge >= 0.3 is 0 Å². The van der Waals surface area contributed by atoms with Crippen molar-refractivity contribution in [3.8, 4) is 0 Å². The first-order chi connectivity index (χ1) is 9.83. The summed E-state index contributed by atoms with van der Waals surface area (Å²) in [6.07, 6.45) is 2.96. The van der Waals surface area contributed by atoms with Gasteiger partial charge in [-0.3, -0.25) is 0 Å². The molecule has 10 heteroatoms. The maximum atomic E-state index is 12.4. The van der Waals surface area contributed by atoms with Crippen LogP contribution in [-0.4, -0.2) is 18.4 Å². The van der Waals surface area contributed by atoms with E-state index < -0.39 is 16.1 Å². The predicted molar refractivity (Wildman–Crippen MR) is 79.7 cm³/mol. The van der Waals surface area contributed by atoms with E-state index in [0.29, 0.717) is 10.2 Å². The van der Waals surface area contributed by atoms with Gasteiger partial charge < -0.3 is 9.84 Å². The van der Waals surface area contributed by atoms with Crippen molar-refractivity contribution in [1.29, 1.82) is 0 Å². The average Bonchev–Trinajstić information content (AvgIpc) is 2.85. The third-order valence-electron chi connectivity index (χ3n) is 2.59. The van der Waals surface area contributed by atoms with Gasteiger partial charge in [-0.1, -0.05) is 0 Å². The SMILES string of the molecule is Cc1cnc(C(C)NS(=O)(=O)c2cc(Br)cnc2NN)o1. The summed E-state index contributed by atoms with van der Waals surface area (Å²) in [5, 5.41) is 0. The molecule has 0 aliphatic heterocycles. The summed E-state index contributed by atoms with van der Waals surface area (Å²) in [7, 11) is -3.85. The molecule has 0 aliphatic rings. The zero-order valence-electron chi connectivity index (χ0n) is 11.3. The monoisotopic (exact) mass is 375 g/mol. The number of pyridine rings is 1. The van der Waals surface area contributed by atoms with Crippen molar-refractivity contribution in [1.82, 2.24) is 14.7 Å². The number of nitrogen functional groups attached to an aromatic ring is 1. The van der Waals surface area contributed by atoms with E-state index in [4.69, 9.17) is 10.3 Å². The van der Waals surface area contributed by atoms with Gasteiger partial charge in [-0.05, 0) is 35.8 Å². The minimum absolute atomic E-state index is 0.0430. The molecule has 0 saturated heterocycles. The number of halogens is 1. The van der Waals surface area contributed by atoms with Crippen molar-refractivity contribution >= 4 is 31.8 Å². The minimum atomic E-state index is -3.85. The summed E-state index contributed by atoms with van der Waals surface area (Å²) in [6.45, 7) is 3.36. The summed E-state index contributed by atoms with van der Waals surface area (Å²) in [4.78, 5) is 7.83. The second-order valence-electron chi connectivity index (χ2n) is 4.30. The molecule has 114 valence electrons. The number of aromatic nitrogens is 2. The quantitative estimate of drug-likeness (QED) is 0.533. The van der Waals surface area contributed by atoms with Crippen molar-refractivity contribution in [3.63, 3.8) is 0 Å². The van der Waals surface area contributed by atoms with Crippen LogP contribution in [0.4, 0.5) is 5.82 Å². The fourth-order valence-corrected chi connectivity index (χ4v) is 3.48. The number of rotatable bonds is 5. The highest BCUT2D eigenvalue weighted by molar-refractivity contribution is 9.10. The Hall–Kier alpha value is -1.49. The molecule has 0 bridgehead atoms. The molecule has 2 heterocycles. The number of hydrazine groups is 1. The zero-order chi connectivity index (χ0) is 15.6. The molecule has 21 heavy (non-hydrogen) atoms. The molecule has 0 aromatic carbocycles. The Morgan fingerprint density at radius 3 is 2.67 bits per heavy atom. The number of hydrogen-bond acceptors (Lipinski definition) is 7. The van der Waals surface area contributed by atoms with Crippen molar-refractivity contribution < 1.29 is 12.8 Å². The largest absolute Gasteiger partial charge is 0.444 e. The second kappa shape index (κ2) is 6.10. The molecular formula is C11H14BrN5O3S. The van der Waals surface area contributed by atoms with Gasteiger partial charge in [0.15, 0.2) is 5.82 Å². The lowest BCUT2D eigenvalue weighted by atomic mass is 10.4. The molecule has 2 rings (SSSR count). The number of hydrogen-bond donors (Lipinski definition) is 3. The molecule has 8 nitrogen and oxygen atoms in total. The molecule has 0 spiro atoms. The van der Waals surface area contributed by atoms with Gasteiger partial charge in [0.1, 0.15) is 10.7 Å². The van der Waals surface area contributed by atoms with E-state index in [1.165, 1.54) is 18.5 Å². The standard InChI is InChI=1S/C11H14BrN5O3S/c1-6-4-15-11(20-6)7(2)17-21(18,19)9-3-8(12)5-14-10(9)16-13/h3-5,7,17H,13H2,1-2H3,(H,14,16). The lowest BCUT2D eigenvalue weighted by molar-refractivity contribution is 0.428. The summed E-state index contributed by atoms with van der Waals surface area (Å²) < 4.78 is 33.1. The van der Waals surface area contributed by atoms with E-state index in [2.05, 4.69) is 36.0 Å². The van der Waals surface area contributed by atoms with Crippen LogP contribution >= 0.6 is 15.9 Å². The van der Waals surface area contributed by atoms with E-state index in [-0.39, 0.29) is 16.6 Å². The van der Waals surface area contributed by atoms with Crippen LogP contribution in [-0.2, 0) is 10.0 Å². The molecule has 0 fully saturated rings. The first-order valence-corrected chi connectivity index (χ1v) is 8.18. The third-order valence-corrected chi connectivity index (χ3v) is 4.57. The highest BCUT2D eigenvalue weighted by Gasteiger charge is 2.24. The van der Waals surface area contributed by atoms with Crippen LogP contribution in [0.2, 0.25) is 0 Å². The number of anilines is 1. The number of nitrogens with two attached hydrogens (primary N) is 1. The van der Waals surface area contributed by atoms with E-state index in [0.717, 1.165) is 0 Å². The van der Waals surface area contributed by atoms with E-state index in [9.17, 15) is 8.42 Å². The number of sulfonamides is 1. The lowest BCUT2D eigenvalue weighted by Crippen LogP contribution is -2.28. The molecule has 1 unspecified atom stereocenters. The fourth-order valence-electron chi connectivity index (χ4n) is 1.65. The first-order valence-electron chi connectivity index (χ1n) is 5.90. The smallest absolute Gasteiger partial charge is 0.245 e. The normalized spacial score (nSPS) is 13.1. The summed E-state index contributed by atoms with van der Waals surface area (Å²) >= 11 is 3.18. The molecule has 0 aliphatic carbocycles. The van der Waals surface area contributed by atoms with Gasteiger partial charge in [0.2, 0.25) is 15.9 Å². The van der Waals surface area contributed by atoms with Gasteiger partial charge in [0.25, 0.3) is 0 Å². The number of nitrogens with zero attached hydrogens (tertiary/aromatic N) is 2. The van der Waals surface area contributed by atoms with Gasteiger partial charge in [0.05, 0.1) is 12.2 Å². The van der Waals surface area contributed by atoms with Crippen LogP contribution in [0.5, 0.6) is 0 Å². The highest BCUT2D eigenvalue weighted by Crippen LogP contribution is 2.24. The summed E-state index contributed by atoms with van der Waals surface area (Å²) in [5.41, 5.74) is 2.26. The number of oxazole rings is 1. The minimum Gasteiger partial charge on any atom is -0.444 e. The maximum Gasteiger partial charge on any atom is 0.245 e. The maximum absolute atomic E-state index is 12.4. The van der Waals surface area contributed by atoms with Gasteiger partial charge in [-0.2, -0.15) is 4.72 Å². The van der Waals surface area contributed by atoms with E-state index >= 15 is 0 Å². The summed E-state index contributed by atoms with van der Waals surface area (Å²) in [6, 6.07) is 0.770. The molecule has 4 N–H and O–H groups in total. The molecule has 0 saturated carbocycles. The van der Waals surface area contributed by atoms with Crippen molar-refractivity contribution in [2.75, 3.05) is 5.43 Å². The van der Waals surface area contributed by atoms with Gasteiger partial charge in [0, 0.05) is 10.7 Å². The van der Waals surface area contributed by atoms with Crippen LogP contribution in [0.15, 0.2) is 32.2 Å². The second-order valence-corrected chi connectivity index (χ2v) is 6.89. The first kappa shape index (κ1) is 15.9. The molecule has 1 atom stereocenters. The van der Waals surface area contributed by atoms with Crippen molar-refractivity contribution in [3.05, 3.63) is 34.6 Å². The number of aryl methyl sites for hydroxylation is 1. The Morgan fingerprint density at radius 1 is 1.38 bits per heavy atom. The molecule has 2 aromatic heterocycles. The van der Waals surface area contributed by atoms with Crippen LogP contribution in [0.1, 0.15) is 24.6 Å².